The standard InChI is InChI=1S/C16H20N6O/c1-2-20-11-14(9-15(20)23)22-16(17-18-19-22)21-8-7-12-5-3-4-6-13(12)10-21/h3-6,14H,2,7-11H2,1H3. The molecule has 2 aromatic rings. The first-order valence-corrected chi connectivity index (χ1v) is 8.13. The topological polar surface area (TPSA) is 67.2 Å². The molecule has 1 saturated heterocycles. The van der Waals surface area contributed by atoms with Crippen LogP contribution in [0.1, 0.15) is 30.5 Å². The Bertz CT molecular complexity index is 727. The molecule has 1 amide bonds. The molecule has 0 radical (unpaired) electrons. The Morgan fingerprint density at radius 3 is 2.87 bits per heavy atom. The van der Waals surface area contributed by atoms with Crippen molar-refractivity contribution in [2.75, 3.05) is 24.5 Å². The molecule has 1 unspecified atom stereocenters. The molecule has 0 aliphatic carbocycles. The number of aromatic nitrogens is 4. The molecule has 4 rings (SSSR count). The molecule has 23 heavy (non-hydrogen) atoms. The van der Waals surface area contributed by atoms with Crippen molar-refractivity contribution in [1.29, 1.82) is 0 Å². The lowest BCUT2D eigenvalue weighted by atomic mass is 10.0. The Morgan fingerprint density at radius 1 is 1.26 bits per heavy atom. The number of likely N-dealkylation sites (N-methyl/N-ethyl adjacent to an activating group) is 1. The van der Waals surface area contributed by atoms with Gasteiger partial charge < -0.3 is 9.80 Å². The van der Waals surface area contributed by atoms with Crippen LogP contribution in [-0.2, 0) is 17.8 Å². The highest BCUT2D eigenvalue weighted by Crippen LogP contribution is 2.28. The third-order valence-electron chi connectivity index (χ3n) is 4.81. The molecule has 1 aromatic heterocycles. The second-order valence-electron chi connectivity index (χ2n) is 6.15. The molecule has 1 aromatic carbocycles. The minimum atomic E-state index is 0.0321. The third-order valence-corrected chi connectivity index (χ3v) is 4.81. The summed E-state index contributed by atoms with van der Waals surface area (Å²) < 4.78 is 1.83. The van der Waals surface area contributed by atoms with Crippen LogP contribution in [0.25, 0.3) is 0 Å². The van der Waals surface area contributed by atoms with Crippen LogP contribution in [0.4, 0.5) is 5.95 Å². The molecular weight excluding hydrogens is 292 g/mol. The lowest BCUT2D eigenvalue weighted by Gasteiger charge is -2.29. The van der Waals surface area contributed by atoms with E-state index >= 15 is 0 Å². The highest BCUT2D eigenvalue weighted by atomic mass is 16.2. The van der Waals surface area contributed by atoms with Gasteiger partial charge in [0.25, 0.3) is 0 Å². The fraction of sp³-hybridized carbons (Fsp3) is 0.500. The zero-order valence-corrected chi connectivity index (χ0v) is 13.2. The van der Waals surface area contributed by atoms with Crippen LogP contribution < -0.4 is 4.90 Å². The number of benzene rings is 1. The summed E-state index contributed by atoms with van der Waals surface area (Å²) in [4.78, 5) is 16.1. The largest absolute Gasteiger partial charge is 0.341 e. The van der Waals surface area contributed by atoms with Gasteiger partial charge >= 0.3 is 0 Å². The van der Waals surface area contributed by atoms with Crippen molar-refractivity contribution in [3.8, 4) is 0 Å². The number of tetrazole rings is 1. The normalized spacial score (nSPS) is 20.9. The van der Waals surface area contributed by atoms with Gasteiger partial charge in [-0.15, -0.1) is 0 Å². The minimum absolute atomic E-state index is 0.0321. The number of fused-ring (bicyclic) bond motifs is 1. The summed E-state index contributed by atoms with van der Waals surface area (Å²) in [6.07, 6.45) is 1.48. The summed E-state index contributed by atoms with van der Waals surface area (Å²) in [7, 11) is 0. The van der Waals surface area contributed by atoms with Gasteiger partial charge in [-0.25, -0.2) is 4.68 Å². The van der Waals surface area contributed by atoms with Gasteiger partial charge in [0.15, 0.2) is 0 Å². The van der Waals surface area contributed by atoms with Crippen LogP contribution in [0.15, 0.2) is 24.3 Å². The number of amides is 1. The minimum Gasteiger partial charge on any atom is -0.341 e. The lowest BCUT2D eigenvalue weighted by Crippen LogP contribution is -2.33. The van der Waals surface area contributed by atoms with E-state index in [-0.39, 0.29) is 11.9 Å². The highest BCUT2D eigenvalue weighted by Gasteiger charge is 2.33. The molecule has 120 valence electrons. The molecule has 0 N–H and O–H groups in total. The van der Waals surface area contributed by atoms with Crippen molar-refractivity contribution >= 4 is 11.9 Å². The van der Waals surface area contributed by atoms with Crippen LogP contribution in [0.5, 0.6) is 0 Å². The van der Waals surface area contributed by atoms with Crippen molar-refractivity contribution < 1.29 is 4.79 Å². The zero-order valence-electron chi connectivity index (χ0n) is 13.2. The maximum absolute atomic E-state index is 12.0. The van der Waals surface area contributed by atoms with E-state index in [2.05, 4.69) is 44.7 Å². The number of rotatable bonds is 3. The fourth-order valence-corrected chi connectivity index (χ4v) is 3.52. The number of hydrogen-bond donors (Lipinski definition) is 0. The van der Waals surface area contributed by atoms with Crippen LogP contribution in [0.2, 0.25) is 0 Å². The van der Waals surface area contributed by atoms with Crippen molar-refractivity contribution in [3.63, 3.8) is 0 Å². The number of carbonyl (C=O) groups is 1. The molecule has 1 atom stereocenters. The fourth-order valence-electron chi connectivity index (χ4n) is 3.52. The van der Waals surface area contributed by atoms with Gasteiger partial charge in [-0.2, -0.15) is 0 Å². The Hall–Kier alpha value is -2.44. The maximum atomic E-state index is 12.0. The summed E-state index contributed by atoms with van der Waals surface area (Å²) in [5, 5.41) is 12.3. The van der Waals surface area contributed by atoms with Gasteiger partial charge in [-0.1, -0.05) is 29.4 Å². The molecule has 0 saturated carbocycles. The second-order valence-corrected chi connectivity index (χ2v) is 6.15. The molecular formula is C16H20N6O. The van der Waals surface area contributed by atoms with Gasteiger partial charge in [0.05, 0.1) is 12.5 Å². The predicted octanol–water partition coefficient (Wildman–Crippen LogP) is 1.03. The molecule has 2 aliphatic rings. The SMILES string of the molecule is CCN1CC(n2nnnc2N2CCc3ccccc3C2)CC1=O. The average Bonchev–Trinajstić information content (AvgIpc) is 3.20. The molecule has 0 spiro atoms. The van der Waals surface area contributed by atoms with E-state index in [1.807, 2.05) is 16.5 Å². The second kappa shape index (κ2) is 5.64. The first kappa shape index (κ1) is 14.2. The molecule has 3 heterocycles. The van der Waals surface area contributed by atoms with E-state index in [0.29, 0.717) is 13.0 Å². The third kappa shape index (κ3) is 2.46. The molecule has 1 fully saturated rings. The summed E-state index contributed by atoms with van der Waals surface area (Å²) in [5.74, 6) is 0.957. The van der Waals surface area contributed by atoms with Gasteiger partial charge in [-0.05, 0) is 34.9 Å². The number of likely N-dealkylation sites (tertiary alicyclic amines) is 1. The van der Waals surface area contributed by atoms with E-state index in [1.54, 1.807) is 0 Å². The van der Waals surface area contributed by atoms with E-state index < -0.39 is 0 Å². The van der Waals surface area contributed by atoms with Crippen molar-refractivity contribution in [3.05, 3.63) is 35.4 Å². The van der Waals surface area contributed by atoms with Gasteiger partial charge in [-0.3, -0.25) is 4.79 Å². The molecule has 7 nitrogen and oxygen atoms in total. The predicted molar refractivity (Wildman–Crippen MR) is 84.9 cm³/mol. The van der Waals surface area contributed by atoms with E-state index in [1.165, 1.54) is 11.1 Å². The van der Waals surface area contributed by atoms with Crippen molar-refractivity contribution in [2.24, 2.45) is 0 Å². The van der Waals surface area contributed by atoms with Crippen LogP contribution in [-0.4, -0.2) is 50.6 Å². The van der Waals surface area contributed by atoms with Crippen molar-refractivity contribution in [2.45, 2.75) is 32.4 Å². The Morgan fingerprint density at radius 2 is 2.09 bits per heavy atom. The van der Waals surface area contributed by atoms with Crippen LogP contribution in [0, 0.1) is 0 Å². The first-order valence-electron chi connectivity index (χ1n) is 8.13. The monoisotopic (exact) mass is 312 g/mol. The Kier molecular flexibility index (Phi) is 3.48. The zero-order chi connectivity index (χ0) is 15.8. The van der Waals surface area contributed by atoms with Crippen LogP contribution >= 0.6 is 0 Å². The summed E-state index contributed by atoms with van der Waals surface area (Å²) in [6.45, 7) is 5.15. The van der Waals surface area contributed by atoms with Gasteiger partial charge in [0.2, 0.25) is 11.9 Å². The average molecular weight is 312 g/mol. The Labute approximate surface area is 134 Å². The summed E-state index contributed by atoms with van der Waals surface area (Å²) in [6, 6.07) is 8.53. The van der Waals surface area contributed by atoms with Gasteiger partial charge in [0.1, 0.15) is 0 Å². The van der Waals surface area contributed by atoms with E-state index in [9.17, 15) is 4.79 Å². The number of hydrogen-bond acceptors (Lipinski definition) is 5. The first-order chi connectivity index (χ1) is 11.3. The number of carbonyl (C=O) groups excluding carboxylic acids is 1. The quantitative estimate of drug-likeness (QED) is 0.847. The number of anilines is 1. The Balaban J connectivity index is 1.58. The smallest absolute Gasteiger partial charge is 0.246 e. The summed E-state index contributed by atoms with van der Waals surface area (Å²) in [5.41, 5.74) is 2.72. The highest BCUT2D eigenvalue weighted by molar-refractivity contribution is 5.79. The van der Waals surface area contributed by atoms with Crippen molar-refractivity contribution in [1.82, 2.24) is 25.1 Å². The molecule has 2 aliphatic heterocycles. The van der Waals surface area contributed by atoms with Crippen LogP contribution in [0.3, 0.4) is 0 Å². The maximum Gasteiger partial charge on any atom is 0.246 e. The molecule has 7 heteroatoms. The van der Waals surface area contributed by atoms with Gasteiger partial charge in [0, 0.05) is 26.2 Å². The molecule has 0 bridgehead atoms. The lowest BCUT2D eigenvalue weighted by molar-refractivity contribution is -0.127. The summed E-state index contributed by atoms with van der Waals surface area (Å²) >= 11 is 0. The van der Waals surface area contributed by atoms with E-state index in [0.717, 1.165) is 32.0 Å². The van der Waals surface area contributed by atoms with E-state index in [4.69, 9.17) is 0 Å². The number of nitrogens with zero attached hydrogens (tertiary/aromatic N) is 6.